The second kappa shape index (κ2) is 11.8. The first-order valence-corrected chi connectivity index (χ1v) is 12.1. The molecule has 36 heavy (non-hydrogen) atoms. The zero-order valence-electron chi connectivity index (χ0n) is 22.8. The fourth-order valence-electron chi connectivity index (χ4n) is 3.50. The molecule has 2 aliphatic carbocycles. The summed E-state index contributed by atoms with van der Waals surface area (Å²) in [5.74, 6) is -1.05. The average molecular weight is 511 g/mol. The Balaban J connectivity index is 0.000000360. The van der Waals surface area contributed by atoms with Crippen molar-refractivity contribution in [2.45, 2.75) is 90.5 Å². The lowest BCUT2D eigenvalue weighted by Gasteiger charge is -2.23. The quantitative estimate of drug-likeness (QED) is 0.284. The molecule has 10 nitrogen and oxygen atoms in total. The topological polar surface area (TPSA) is 129 Å². The first-order valence-electron chi connectivity index (χ1n) is 12.1. The van der Waals surface area contributed by atoms with Crippen molar-refractivity contribution in [3.8, 4) is 0 Å². The number of rotatable bonds is 8. The smallest absolute Gasteiger partial charge is 0.408 e. The first kappa shape index (κ1) is 31.0. The standard InChI is InChI=1S/2C13H21NO4/c2*1-6-9-8-13(9,10(15)17-7-2)14-11(16)18-12(3,4)5/h2*6,9H,1,7-8H2,2-5H3,(H,14,16)/t2*9-,13-/m10/s1. The number of carbonyl (C=O) groups excluding carboxylic acids is 4. The van der Waals surface area contributed by atoms with Crippen LogP contribution >= 0.6 is 0 Å². The molecule has 2 saturated carbocycles. The zero-order chi connectivity index (χ0) is 27.9. The summed E-state index contributed by atoms with van der Waals surface area (Å²) in [5, 5.41) is 5.21. The Labute approximate surface area is 214 Å². The molecule has 0 spiro atoms. The fourth-order valence-corrected chi connectivity index (χ4v) is 3.50. The van der Waals surface area contributed by atoms with Gasteiger partial charge in [-0.25, -0.2) is 19.2 Å². The number of esters is 2. The molecule has 2 aliphatic rings. The van der Waals surface area contributed by atoms with Crippen molar-refractivity contribution in [1.82, 2.24) is 10.6 Å². The largest absolute Gasteiger partial charge is 0.464 e. The molecule has 0 radical (unpaired) electrons. The molecule has 0 aromatic rings. The van der Waals surface area contributed by atoms with Gasteiger partial charge in [0.2, 0.25) is 0 Å². The molecule has 204 valence electrons. The minimum Gasteiger partial charge on any atom is -0.464 e. The SMILES string of the molecule is C=C[C@@H]1C[C@]1(NC(=O)OC(C)(C)C)C(=O)OCC.C=C[C@H]1C[C@@]1(NC(=O)OC(C)(C)C)C(=O)OCC. The maximum atomic E-state index is 11.9. The summed E-state index contributed by atoms with van der Waals surface area (Å²) < 4.78 is 20.2. The molecule has 2 rings (SSSR count). The van der Waals surface area contributed by atoms with Crippen LogP contribution < -0.4 is 10.6 Å². The normalized spacial score (nSPS) is 26.1. The molecular formula is C26H42N2O8. The predicted octanol–water partition coefficient (Wildman–Crippen LogP) is 4.04. The van der Waals surface area contributed by atoms with E-state index in [9.17, 15) is 19.2 Å². The molecule has 4 atom stereocenters. The van der Waals surface area contributed by atoms with Gasteiger partial charge in [0.25, 0.3) is 0 Å². The number of hydrogen-bond acceptors (Lipinski definition) is 8. The second-order valence-corrected chi connectivity index (χ2v) is 10.7. The lowest BCUT2D eigenvalue weighted by Crippen LogP contribution is -2.47. The van der Waals surface area contributed by atoms with Crippen LogP contribution in [0.25, 0.3) is 0 Å². The van der Waals surface area contributed by atoms with E-state index >= 15 is 0 Å². The van der Waals surface area contributed by atoms with Crippen LogP contribution in [0.1, 0.15) is 68.2 Å². The minimum absolute atomic E-state index is 0.0935. The third-order valence-corrected chi connectivity index (χ3v) is 5.33. The highest BCUT2D eigenvalue weighted by Crippen LogP contribution is 2.46. The molecule has 0 aliphatic heterocycles. The summed E-state index contributed by atoms with van der Waals surface area (Å²) >= 11 is 0. The highest BCUT2D eigenvalue weighted by molar-refractivity contribution is 5.91. The van der Waals surface area contributed by atoms with Gasteiger partial charge in [-0.05, 0) is 68.2 Å². The fraction of sp³-hybridized carbons (Fsp3) is 0.692. The molecule has 0 aromatic heterocycles. The van der Waals surface area contributed by atoms with Crippen molar-refractivity contribution < 1.29 is 38.1 Å². The van der Waals surface area contributed by atoms with E-state index in [4.69, 9.17) is 18.9 Å². The summed E-state index contributed by atoms with van der Waals surface area (Å²) in [6.45, 7) is 21.9. The Morgan fingerprint density at radius 3 is 1.25 bits per heavy atom. The Kier molecular flexibility index (Phi) is 10.2. The van der Waals surface area contributed by atoms with Crippen LogP contribution in [0, 0.1) is 11.8 Å². The van der Waals surface area contributed by atoms with Gasteiger partial charge in [0.05, 0.1) is 13.2 Å². The molecule has 0 unspecified atom stereocenters. The monoisotopic (exact) mass is 510 g/mol. The van der Waals surface area contributed by atoms with Crippen LogP contribution in [-0.4, -0.2) is 59.6 Å². The molecule has 0 heterocycles. The second-order valence-electron chi connectivity index (χ2n) is 10.7. The Morgan fingerprint density at radius 2 is 1.06 bits per heavy atom. The Morgan fingerprint density at radius 1 is 0.750 bits per heavy atom. The van der Waals surface area contributed by atoms with E-state index in [0.717, 1.165) is 0 Å². The van der Waals surface area contributed by atoms with Crippen molar-refractivity contribution in [3.63, 3.8) is 0 Å². The number of amides is 2. The number of hydrogen-bond donors (Lipinski definition) is 2. The molecule has 2 fully saturated rings. The van der Waals surface area contributed by atoms with Gasteiger partial charge in [-0.1, -0.05) is 12.2 Å². The highest BCUT2D eigenvalue weighted by atomic mass is 16.6. The van der Waals surface area contributed by atoms with Crippen molar-refractivity contribution in [3.05, 3.63) is 25.3 Å². The van der Waals surface area contributed by atoms with Gasteiger partial charge in [0.1, 0.15) is 22.3 Å². The number of carbonyl (C=O) groups is 4. The summed E-state index contributed by atoms with van der Waals surface area (Å²) in [7, 11) is 0. The van der Waals surface area contributed by atoms with E-state index in [1.807, 2.05) is 0 Å². The zero-order valence-corrected chi connectivity index (χ0v) is 22.8. The van der Waals surface area contributed by atoms with Crippen molar-refractivity contribution in [2.75, 3.05) is 13.2 Å². The maximum Gasteiger partial charge on any atom is 0.408 e. The number of alkyl carbamates (subject to hydrolysis) is 2. The molecule has 0 saturated heterocycles. The molecule has 10 heteroatoms. The van der Waals surface area contributed by atoms with Crippen molar-refractivity contribution in [2.24, 2.45) is 11.8 Å². The molecule has 2 amide bonds. The van der Waals surface area contributed by atoms with E-state index in [2.05, 4.69) is 23.8 Å². The lowest BCUT2D eigenvalue weighted by molar-refractivity contribution is -0.148. The van der Waals surface area contributed by atoms with Crippen LogP contribution in [0.2, 0.25) is 0 Å². The van der Waals surface area contributed by atoms with Gasteiger partial charge in [0, 0.05) is 11.8 Å². The molecular weight excluding hydrogens is 468 g/mol. The molecule has 0 aromatic carbocycles. The average Bonchev–Trinajstić information content (AvgIpc) is 3.61. The van der Waals surface area contributed by atoms with Crippen molar-refractivity contribution in [1.29, 1.82) is 0 Å². The van der Waals surface area contributed by atoms with Crippen LogP contribution in [0.4, 0.5) is 9.59 Å². The summed E-state index contributed by atoms with van der Waals surface area (Å²) in [4.78, 5) is 47.1. The van der Waals surface area contributed by atoms with Crippen molar-refractivity contribution >= 4 is 24.1 Å². The van der Waals surface area contributed by atoms with E-state index in [-0.39, 0.29) is 25.0 Å². The maximum absolute atomic E-state index is 11.9. The van der Waals surface area contributed by atoms with E-state index < -0.39 is 46.4 Å². The van der Waals surface area contributed by atoms with Crippen LogP contribution in [0.15, 0.2) is 25.3 Å². The van der Waals surface area contributed by atoms with Crippen LogP contribution in [-0.2, 0) is 28.5 Å². The van der Waals surface area contributed by atoms with E-state index in [1.54, 1.807) is 67.5 Å². The number of nitrogens with one attached hydrogen (secondary N) is 2. The minimum atomic E-state index is -0.986. The van der Waals surface area contributed by atoms with Crippen LogP contribution in [0.5, 0.6) is 0 Å². The van der Waals surface area contributed by atoms with Gasteiger partial charge in [-0.2, -0.15) is 0 Å². The van der Waals surface area contributed by atoms with Gasteiger partial charge in [0.15, 0.2) is 0 Å². The Bertz CT molecular complexity index is 787. The Hall–Kier alpha value is -3.04. The van der Waals surface area contributed by atoms with E-state index in [1.165, 1.54) is 0 Å². The third-order valence-electron chi connectivity index (χ3n) is 5.33. The van der Waals surface area contributed by atoms with Gasteiger partial charge < -0.3 is 29.6 Å². The predicted molar refractivity (Wildman–Crippen MR) is 134 cm³/mol. The van der Waals surface area contributed by atoms with Gasteiger partial charge >= 0.3 is 24.1 Å². The summed E-state index contributed by atoms with van der Waals surface area (Å²) in [5.41, 5.74) is -3.17. The van der Waals surface area contributed by atoms with Gasteiger partial charge in [-0.3, -0.25) is 0 Å². The molecule has 2 N–H and O–H groups in total. The summed E-state index contributed by atoms with van der Waals surface area (Å²) in [6, 6.07) is 0. The van der Waals surface area contributed by atoms with Crippen LogP contribution in [0.3, 0.4) is 0 Å². The lowest BCUT2D eigenvalue weighted by atomic mass is 10.2. The highest BCUT2D eigenvalue weighted by Gasteiger charge is 2.62. The van der Waals surface area contributed by atoms with Gasteiger partial charge in [-0.15, -0.1) is 13.2 Å². The summed E-state index contributed by atoms with van der Waals surface area (Å²) in [6.07, 6.45) is 3.09. The van der Waals surface area contributed by atoms with E-state index in [0.29, 0.717) is 12.8 Å². The third kappa shape index (κ3) is 8.57. The number of ether oxygens (including phenoxy) is 4. The first-order chi connectivity index (χ1) is 16.5. The molecule has 0 bridgehead atoms.